The summed E-state index contributed by atoms with van der Waals surface area (Å²) in [5.41, 5.74) is -0.341. The molecule has 0 bridgehead atoms. The van der Waals surface area contributed by atoms with Gasteiger partial charge in [-0.15, -0.1) is 0 Å². The average Bonchev–Trinajstić information content (AvgIpc) is 2.84. The van der Waals surface area contributed by atoms with Gasteiger partial charge in [-0.05, 0) is 66.8 Å². The zero-order chi connectivity index (χ0) is 26.7. The van der Waals surface area contributed by atoms with Crippen LogP contribution in [0.2, 0.25) is 0 Å². The minimum absolute atomic E-state index is 0.0849. The largest absolute Gasteiger partial charge is 0.422 e. The van der Waals surface area contributed by atoms with Crippen LogP contribution < -0.4 is 0 Å². The van der Waals surface area contributed by atoms with E-state index in [1.807, 2.05) is 0 Å². The molecule has 3 aromatic carbocycles. The Morgan fingerprint density at radius 3 is 2.03 bits per heavy atom. The van der Waals surface area contributed by atoms with Gasteiger partial charge >= 0.3 is 6.18 Å². The molecule has 0 amide bonds. The van der Waals surface area contributed by atoms with Gasteiger partial charge in [0.05, 0.1) is 12.7 Å². The number of halogens is 7. The van der Waals surface area contributed by atoms with Crippen LogP contribution >= 0.6 is 0 Å². The second kappa shape index (κ2) is 11.3. The second-order valence-corrected chi connectivity index (χ2v) is 9.51. The fourth-order valence-electron chi connectivity index (χ4n) is 4.90. The van der Waals surface area contributed by atoms with Crippen molar-refractivity contribution >= 4 is 0 Å². The summed E-state index contributed by atoms with van der Waals surface area (Å²) in [5.74, 6) is -4.74. The molecule has 1 fully saturated rings. The molecule has 2 unspecified atom stereocenters. The molecule has 37 heavy (non-hydrogen) atoms. The van der Waals surface area contributed by atoms with E-state index in [1.165, 1.54) is 6.07 Å². The van der Waals surface area contributed by atoms with Crippen LogP contribution in [0.1, 0.15) is 61.0 Å². The summed E-state index contributed by atoms with van der Waals surface area (Å²) >= 11 is 0. The lowest BCUT2D eigenvalue weighted by atomic mass is 9.90. The summed E-state index contributed by atoms with van der Waals surface area (Å²) in [4.78, 5) is 0. The van der Waals surface area contributed by atoms with Crippen molar-refractivity contribution in [2.45, 2.75) is 57.7 Å². The molecule has 1 aliphatic rings. The summed E-state index contributed by atoms with van der Waals surface area (Å²) in [6.45, 7) is 2.64. The molecule has 4 rings (SSSR count). The highest BCUT2D eigenvalue weighted by Gasteiger charge is 2.37. The molecule has 1 nitrogen and oxygen atoms in total. The topological polar surface area (TPSA) is 9.23 Å². The van der Waals surface area contributed by atoms with Gasteiger partial charge in [0, 0.05) is 11.1 Å². The third-order valence-corrected chi connectivity index (χ3v) is 6.88. The van der Waals surface area contributed by atoms with Crippen LogP contribution in [0.5, 0.6) is 0 Å². The Kier molecular flexibility index (Phi) is 8.26. The van der Waals surface area contributed by atoms with Crippen molar-refractivity contribution in [3.63, 3.8) is 0 Å². The van der Waals surface area contributed by atoms with E-state index in [4.69, 9.17) is 4.74 Å². The van der Waals surface area contributed by atoms with Crippen LogP contribution in [-0.2, 0) is 23.8 Å². The molecule has 1 saturated heterocycles. The monoisotopic (exact) mass is 524 g/mol. The first-order valence-corrected chi connectivity index (χ1v) is 12.3. The average molecular weight is 525 g/mol. The number of alkyl halides is 3. The Balaban J connectivity index is 1.43. The maximum atomic E-state index is 15.0. The Labute approximate surface area is 211 Å². The van der Waals surface area contributed by atoms with Crippen LogP contribution in [0.25, 0.3) is 11.1 Å². The Bertz CT molecular complexity index is 1200. The molecule has 0 aromatic heterocycles. The van der Waals surface area contributed by atoms with Crippen LogP contribution in [0, 0.1) is 29.2 Å². The molecule has 2 atom stereocenters. The summed E-state index contributed by atoms with van der Waals surface area (Å²) in [7, 11) is 0. The van der Waals surface area contributed by atoms with E-state index < -0.39 is 41.1 Å². The van der Waals surface area contributed by atoms with Gasteiger partial charge in [-0.2, -0.15) is 13.2 Å². The lowest BCUT2D eigenvalue weighted by Crippen LogP contribution is -2.21. The molecular weight excluding hydrogens is 497 g/mol. The van der Waals surface area contributed by atoms with Crippen molar-refractivity contribution in [1.82, 2.24) is 0 Å². The minimum Gasteiger partial charge on any atom is -0.373 e. The molecule has 0 aliphatic carbocycles. The predicted molar refractivity (Wildman–Crippen MR) is 127 cm³/mol. The number of hydrogen-bond acceptors (Lipinski definition) is 1. The number of hydrogen-bond donors (Lipinski definition) is 0. The van der Waals surface area contributed by atoms with E-state index in [9.17, 15) is 30.7 Å². The maximum absolute atomic E-state index is 15.0. The quantitative estimate of drug-likeness (QED) is 0.280. The highest BCUT2D eigenvalue weighted by atomic mass is 19.4. The first-order chi connectivity index (χ1) is 17.6. The Morgan fingerprint density at radius 2 is 1.46 bits per heavy atom. The number of rotatable bonds is 7. The van der Waals surface area contributed by atoms with Gasteiger partial charge in [0.1, 0.15) is 17.2 Å². The minimum atomic E-state index is -5.11. The van der Waals surface area contributed by atoms with Gasteiger partial charge in [-0.3, -0.25) is 0 Å². The van der Waals surface area contributed by atoms with Gasteiger partial charge in [0.2, 0.25) is 0 Å². The fraction of sp³-hybridized carbons (Fsp3) is 0.379. The highest BCUT2D eigenvalue weighted by Crippen LogP contribution is 2.37. The van der Waals surface area contributed by atoms with E-state index in [0.717, 1.165) is 24.8 Å². The Morgan fingerprint density at radius 1 is 0.811 bits per heavy atom. The molecule has 0 radical (unpaired) electrons. The van der Waals surface area contributed by atoms with Crippen LogP contribution in [0.15, 0.2) is 48.5 Å². The predicted octanol–water partition coefficient (Wildman–Crippen LogP) is 8.98. The van der Waals surface area contributed by atoms with Crippen molar-refractivity contribution in [2.75, 3.05) is 6.61 Å². The summed E-state index contributed by atoms with van der Waals surface area (Å²) in [5, 5.41) is 0. The smallest absolute Gasteiger partial charge is 0.373 e. The van der Waals surface area contributed by atoms with Gasteiger partial charge in [-0.1, -0.05) is 49.7 Å². The first kappa shape index (κ1) is 27.2. The number of benzene rings is 3. The fourth-order valence-corrected chi connectivity index (χ4v) is 4.90. The molecule has 1 aliphatic heterocycles. The number of ether oxygens (including phenoxy) is 1. The van der Waals surface area contributed by atoms with E-state index >= 15 is 0 Å². The molecule has 0 N–H and O–H groups in total. The second-order valence-electron chi connectivity index (χ2n) is 9.51. The lowest BCUT2D eigenvalue weighted by molar-refractivity contribution is -0.142. The third kappa shape index (κ3) is 6.17. The highest BCUT2D eigenvalue weighted by molar-refractivity contribution is 5.65. The van der Waals surface area contributed by atoms with Crippen molar-refractivity contribution < 1.29 is 35.5 Å². The molecular formula is C29H27F7O. The summed E-state index contributed by atoms with van der Waals surface area (Å²) in [6, 6.07) is 11.0. The van der Waals surface area contributed by atoms with Crippen molar-refractivity contribution in [3.8, 4) is 11.1 Å². The molecule has 3 aromatic rings. The molecule has 0 saturated carbocycles. The van der Waals surface area contributed by atoms with Crippen molar-refractivity contribution in [1.29, 1.82) is 0 Å². The summed E-state index contributed by atoms with van der Waals surface area (Å²) < 4.78 is 102. The summed E-state index contributed by atoms with van der Waals surface area (Å²) in [6.07, 6.45) is -1.54. The van der Waals surface area contributed by atoms with Gasteiger partial charge in [0.25, 0.3) is 0 Å². The first-order valence-electron chi connectivity index (χ1n) is 12.3. The van der Waals surface area contributed by atoms with E-state index in [2.05, 4.69) is 6.92 Å². The van der Waals surface area contributed by atoms with Gasteiger partial charge in [0.15, 0.2) is 11.6 Å². The van der Waals surface area contributed by atoms with E-state index in [-0.39, 0.29) is 23.1 Å². The molecule has 8 heteroatoms. The molecule has 198 valence electrons. The lowest BCUT2D eigenvalue weighted by Gasteiger charge is -2.29. The normalized spacial score (nSPS) is 18.3. The van der Waals surface area contributed by atoms with Gasteiger partial charge < -0.3 is 4.74 Å². The van der Waals surface area contributed by atoms with Gasteiger partial charge in [-0.25, -0.2) is 17.6 Å². The van der Waals surface area contributed by atoms with E-state index in [1.54, 1.807) is 30.3 Å². The molecule has 1 heterocycles. The SMILES string of the molecule is CCCC1CCC(c2ccc(-c3ccc(CCc4cc(F)c(C(F)(F)F)c(F)c4)cc3)c(F)c2F)OC1. The number of aryl methyl sites for hydroxylation is 2. The van der Waals surface area contributed by atoms with Crippen molar-refractivity contribution in [3.05, 3.63) is 94.1 Å². The zero-order valence-corrected chi connectivity index (χ0v) is 20.3. The van der Waals surface area contributed by atoms with Crippen LogP contribution in [-0.4, -0.2) is 6.61 Å². The zero-order valence-electron chi connectivity index (χ0n) is 20.3. The Hall–Kier alpha value is -2.87. The van der Waals surface area contributed by atoms with Crippen LogP contribution in [0.3, 0.4) is 0 Å². The van der Waals surface area contributed by atoms with Crippen molar-refractivity contribution in [2.24, 2.45) is 5.92 Å². The molecule has 0 spiro atoms. The van der Waals surface area contributed by atoms with E-state index in [0.29, 0.717) is 43.1 Å². The van der Waals surface area contributed by atoms with Crippen LogP contribution in [0.4, 0.5) is 30.7 Å². The third-order valence-electron chi connectivity index (χ3n) is 6.88. The maximum Gasteiger partial charge on any atom is 0.422 e. The standard InChI is InChI=1S/C29H27F7O/c1-2-3-18-8-13-25(37-16-18)22-12-11-21(27(32)28(22)33)20-9-6-17(7-10-20)4-5-19-14-23(30)26(24(31)15-19)29(34,35)36/h6-7,9-12,14-15,18,25H,2-5,8,13,16H2,1H3.